The summed E-state index contributed by atoms with van der Waals surface area (Å²) in [6.07, 6.45) is -3.09. The zero-order valence-electron chi connectivity index (χ0n) is 10.5. The standard InChI is InChI=1S/C14H15O5P/c15-13(16)9-1-5-11(6-2-9)20(19)12-7-3-10(4-8-12)14(17)18/h1-8,13-18,20H. The maximum absolute atomic E-state index is 12.3. The normalized spacial score (nSPS) is 11.6. The van der Waals surface area contributed by atoms with Crippen LogP contribution in [0.25, 0.3) is 0 Å². The highest BCUT2D eigenvalue weighted by molar-refractivity contribution is 7.61. The molecule has 0 radical (unpaired) electrons. The molecular weight excluding hydrogens is 279 g/mol. The number of hydrogen-bond acceptors (Lipinski definition) is 5. The molecule has 5 nitrogen and oxygen atoms in total. The van der Waals surface area contributed by atoms with E-state index < -0.39 is 20.4 Å². The van der Waals surface area contributed by atoms with E-state index in [-0.39, 0.29) is 0 Å². The van der Waals surface area contributed by atoms with Crippen molar-refractivity contribution in [3.63, 3.8) is 0 Å². The first kappa shape index (κ1) is 14.9. The third kappa shape index (κ3) is 3.33. The number of benzene rings is 2. The van der Waals surface area contributed by atoms with E-state index in [0.717, 1.165) is 0 Å². The van der Waals surface area contributed by atoms with Crippen molar-refractivity contribution in [3.05, 3.63) is 59.7 Å². The Bertz CT molecular complexity index is 536. The molecule has 0 saturated heterocycles. The van der Waals surface area contributed by atoms with E-state index in [9.17, 15) is 4.57 Å². The summed E-state index contributed by atoms with van der Waals surface area (Å²) in [6.45, 7) is 0. The Morgan fingerprint density at radius 3 is 1.20 bits per heavy atom. The summed E-state index contributed by atoms with van der Waals surface area (Å²) in [5.41, 5.74) is 0.671. The molecule has 0 aliphatic heterocycles. The highest BCUT2D eigenvalue weighted by Gasteiger charge is 2.09. The lowest BCUT2D eigenvalue weighted by Gasteiger charge is -2.08. The first-order valence-electron chi connectivity index (χ1n) is 5.96. The highest BCUT2D eigenvalue weighted by atomic mass is 31.1. The van der Waals surface area contributed by atoms with Crippen molar-refractivity contribution >= 4 is 18.4 Å². The van der Waals surface area contributed by atoms with Gasteiger partial charge in [0, 0.05) is 21.7 Å². The van der Waals surface area contributed by atoms with Crippen LogP contribution in [0, 0.1) is 0 Å². The molecule has 0 saturated carbocycles. The SMILES string of the molecule is O=[PH](c1ccc(C(O)O)cc1)c1ccc(C(O)O)cc1. The lowest BCUT2D eigenvalue weighted by Crippen LogP contribution is -2.08. The Hall–Kier alpha value is -1.49. The van der Waals surface area contributed by atoms with Crippen molar-refractivity contribution in [1.82, 2.24) is 0 Å². The quantitative estimate of drug-likeness (QED) is 0.476. The van der Waals surface area contributed by atoms with E-state index in [4.69, 9.17) is 20.4 Å². The molecule has 0 aromatic heterocycles. The van der Waals surface area contributed by atoms with E-state index in [2.05, 4.69) is 0 Å². The minimum Gasteiger partial charge on any atom is -0.364 e. The van der Waals surface area contributed by atoms with Crippen LogP contribution in [-0.4, -0.2) is 20.4 Å². The molecule has 106 valence electrons. The van der Waals surface area contributed by atoms with Crippen molar-refractivity contribution < 1.29 is 25.0 Å². The minimum atomic E-state index is -2.20. The van der Waals surface area contributed by atoms with Gasteiger partial charge in [-0.2, -0.15) is 0 Å². The summed E-state index contributed by atoms with van der Waals surface area (Å²) < 4.78 is 12.3. The Balaban J connectivity index is 2.22. The topological polar surface area (TPSA) is 98.0 Å². The van der Waals surface area contributed by atoms with Gasteiger partial charge in [0.05, 0.1) is 0 Å². The van der Waals surface area contributed by atoms with Gasteiger partial charge in [-0.25, -0.2) is 0 Å². The monoisotopic (exact) mass is 294 g/mol. The smallest absolute Gasteiger partial charge is 0.178 e. The Morgan fingerprint density at radius 2 is 0.950 bits per heavy atom. The Kier molecular flexibility index (Phi) is 4.70. The van der Waals surface area contributed by atoms with Crippen molar-refractivity contribution in [1.29, 1.82) is 0 Å². The molecule has 2 rings (SSSR count). The molecule has 0 spiro atoms. The summed E-state index contributed by atoms with van der Waals surface area (Å²) >= 11 is 0. The van der Waals surface area contributed by atoms with E-state index >= 15 is 0 Å². The molecule has 0 fully saturated rings. The summed E-state index contributed by atoms with van der Waals surface area (Å²) in [7, 11) is -2.20. The molecule has 0 bridgehead atoms. The summed E-state index contributed by atoms with van der Waals surface area (Å²) in [5, 5.41) is 37.2. The van der Waals surface area contributed by atoms with Crippen LogP contribution in [0.3, 0.4) is 0 Å². The molecule has 0 heterocycles. The maximum atomic E-state index is 12.3. The first-order valence-corrected chi connectivity index (χ1v) is 7.37. The maximum Gasteiger partial charge on any atom is 0.178 e. The second-order valence-corrected chi connectivity index (χ2v) is 6.13. The average Bonchev–Trinajstić information content (AvgIpc) is 2.46. The fraction of sp³-hybridized carbons (Fsp3) is 0.143. The number of aliphatic hydroxyl groups excluding tert-OH is 2. The van der Waals surface area contributed by atoms with Crippen LogP contribution in [0.4, 0.5) is 0 Å². The second kappa shape index (κ2) is 6.31. The third-order valence-electron chi connectivity index (χ3n) is 2.94. The second-order valence-electron chi connectivity index (χ2n) is 4.32. The van der Waals surface area contributed by atoms with Gasteiger partial charge in [-0.15, -0.1) is 0 Å². The highest BCUT2D eigenvalue weighted by Crippen LogP contribution is 2.21. The zero-order valence-corrected chi connectivity index (χ0v) is 11.5. The average molecular weight is 294 g/mol. The van der Waals surface area contributed by atoms with Crippen LogP contribution in [0.15, 0.2) is 48.5 Å². The lowest BCUT2D eigenvalue weighted by atomic mass is 10.2. The zero-order chi connectivity index (χ0) is 14.7. The predicted octanol–water partition coefficient (Wildman–Crippen LogP) is 0.163. The molecule has 6 heteroatoms. The van der Waals surface area contributed by atoms with E-state index in [1.165, 1.54) is 24.3 Å². The van der Waals surface area contributed by atoms with Gasteiger partial charge in [0.2, 0.25) is 0 Å². The number of hydrogen-bond donors (Lipinski definition) is 4. The molecule has 0 amide bonds. The fourth-order valence-corrected chi connectivity index (χ4v) is 3.05. The molecule has 2 aromatic rings. The van der Waals surface area contributed by atoms with Crippen molar-refractivity contribution in [2.24, 2.45) is 0 Å². The molecule has 0 unspecified atom stereocenters. The van der Waals surface area contributed by atoms with Crippen LogP contribution < -0.4 is 10.6 Å². The first-order chi connectivity index (χ1) is 9.49. The van der Waals surface area contributed by atoms with Gasteiger partial charge < -0.3 is 25.0 Å². The van der Waals surface area contributed by atoms with Gasteiger partial charge in [0.15, 0.2) is 12.6 Å². The molecule has 0 aliphatic rings. The molecule has 0 atom stereocenters. The largest absolute Gasteiger partial charge is 0.364 e. The van der Waals surface area contributed by atoms with Gasteiger partial charge >= 0.3 is 0 Å². The minimum absolute atomic E-state index is 0.335. The molecule has 4 N–H and O–H groups in total. The fourth-order valence-electron chi connectivity index (χ4n) is 1.78. The van der Waals surface area contributed by atoms with Crippen molar-refractivity contribution in [2.45, 2.75) is 12.6 Å². The van der Waals surface area contributed by atoms with Crippen LogP contribution >= 0.6 is 7.80 Å². The summed E-state index contributed by atoms with van der Waals surface area (Å²) in [5.74, 6) is 0. The number of aliphatic hydroxyl groups is 4. The molecule has 20 heavy (non-hydrogen) atoms. The Labute approximate surface area is 116 Å². The van der Waals surface area contributed by atoms with Gasteiger partial charge in [-0.1, -0.05) is 48.5 Å². The van der Waals surface area contributed by atoms with Gasteiger partial charge in [0.1, 0.15) is 7.80 Å². The Morgan fingerprint density at radius 1 is 0.650 bits per heavy atom. The number of rotatable bonds is 4. The third-order valence-corrected chi connectivity index (χ3v) is 4.66. The molecule has 0 aliphatic carbocycles. The van der Waals surface area contributed by atoms with Gasteiger partial charge in [-0.3, -0.25) is 0 Å². The van der Waals surface area contributed by atoms with Crippen molar-refractivity contribution in [2.75, 3.05) is 0 Å². The predicted molar refractivity (Wildman–Crippen MR) is 75.5 cm³/mol. The van der Waals surface area contributed by atoms with Gasteiger partial charge in [0.25, 0.3) is 0 Å². The molecule has 2 aromatic carbocycles. The van der Waals surface area contributed by atoms with E-state index in [1.807, 2.05) is 0 Å². The van der Waals surface area contributed by atoms with Gasteiger partial charge in [-0.05, 0) is 0 Å². The van der Waals surface area contributed by atoms with Crippen molar-refractivity contribution in [3.8, 4) is 0 Å². The lowest BCUT2D eigenvalue weighted by molar-refractivity contribution is -0.0430. The summed E-state index contributed by atoms with van der Waals surface area (Å²) in [4.78, 5) is 0. The van der Waals surface area contributed by atoms with Crippen LogP contribution in [0.1, 0.15) is 23.7 Å². The van der Waals surface area contributed by atoms with Crippen LogP contribution in [0.5, 0.6) is 0 Å². The van der Waals surface area contributed by atoms with E-state index in [1.54, 1.807) is 24.3 Å². The van der Waals surface area contributed by atoms with Crippen LogP contribution in [0.2, 0.25) is 0 Å². The molecular formula is C14H15O5P. The van der Waals surface area contributed by atoms with E-state index in [0.29, 0.717) is 21.7 Å². The summed E-state index contributed by atoms with van der Waals surface area (Å²) in [6, 6.07) is 12.4. The van der Waals surface area contributed by atoms with Crippen LogP contribution in [-0.2, 0) is 4.57 Å².